The third-order valence-corrected chi connectivity index (χ3v) is 4.42. The maximum absolute atomic E-state index is 5.39. The van der Waals surface area contributed by atoms with E-state index < -0.39 is 0 Å². The van der Waals surface area contributed by atoms with Gasteiger partial charge in [0.25, 0.3) is 0 Å². The number of nitrogens with zero attached hydrogens (tertiary/aromatic N) is 2. The quantitative estimate of drug-likeness (QED) is 0.913. The smallest absolute Gasteiger partial charge is 0.119 e. The predicted octanol–water partition coefficient (Wildman–Crippen LogP) is 2.12. The molecule has 0 atom stereocenters. The SMILES string of the molecule is CCn1cc(CCN2CCNCC2)c2cc(OC)ccc21. The van der Waals surface area contributed by atoms with Gasteiger partial charge >= 0.3 is 0 Å². The summed E-state index contributed by atoms with van der Waals surface area (Å²) >= 11 is 0. The van der Waals surface area contributed by atoms with Crippen LogP contribution in [-0.2, 0) is 13.0 Å². The lowest BCUT2D eigenvalue weighted by molar-refractivity contribution is 0.244. The van der Waals surface area contributed by atoms with Crippen LogP contribution in [-0.4, -0.2) is 49.3 Å². The summed E-state index contributed by atoms with van der Waals surface area (Å²) in [6.45, 7) is 8.91. The first-order valence-corrected chi connectivity index (χ1v) is 7.90. The zero-order valence-corrected chi connectivity index (χ0v) is 13.1. The van der Waals surface area contributed by atoms with Crippen molar-refractivity contribution in [1.29, 1.82) is 0 Å². The number of hydrogen-bond donors (Lipinski definition) is 1. The first-order valence-electron chi connectivity index (χ1n) is 7.90. The highest BCUT2D eigenvalue weighted by atomic mass is 16.5. The molecule has 0 bridgehead atoms. The molecule has 0 saturated carbocycles. The Morgan fingerprint density at radius 2 is 2.05 bits per heavy atom. The Hall–Kier alpha value is -1.52. The standard InChI is InChI=1S/C17H25N3O/c1-3-20-13-14(6-9-19-10-7-18-8-11-19)16-12-15(21-2)4-5-17(16)20/h4-5,12-13,18H,3,6-11H2,1-2H3. The Morgan fingerprint density at radius 3 is 2.76 bits per heavy atom. The normalized spacial score (nSPS) is 16.5. The largest absolute Gasteiger partial charge is 0.497 e. The summed E-state index contributed by atoms with van der Waals surface area (Å²) in [6.07, 6.45) is 3.42. The van der Waals surface area contributed by atoms with E-state index in [1.165, 1.54) is 16.5 Å². The molecule has 1 fully saturated rings. The fraction of sp³-hybridized carbons (Fsp3) is 0.529. The molecule has 1 aliphatic heterocycles. The number of ether oxygens (including phenoxy) is 1. The highest BCUT2D eigenvalue weighted by Crippen LogP contribution is 2.26. The first-order chi connectivity index (χ1) is 10.3. The van der Waals surface area contributed by atoms with Gasteiger partial charge in [0.2, 0.25) is 0 Å². The van der Waals surface area contributed by atoms with Crippen LogP contribution in [0, 0.1) is 0 Å². The average molecular weight is 287 g/mol. The van der Waals surface area contributed by atoms with Crippen LogP contribution in [0.15, 0.2) is 24.4 Å². The van der Waals surface area contributed by atoms with Gasteiger partial charge in [0, 0.05) is 56.4 Å². The van der Waals surface area contributed by atoms with E-state index in [0.29, 0.717) is 0 Å². The van der Waals surface area contributed by atoms with E-state index in [1.54, 1.807) is 7.11 Å². The van der Waals surface area contributed by atoms with Gasteiger partial charge in [-0.05, 0) is 37.1 Å². The molecule has 0 amide bonds. The molecule has 3 rings (SSSR count). The maximum atomic E-state index is 5.39. The van der Waals surface area contributed by atoms with Crippen molar-refractivity contribution in [2.24, 2.45) is 0 Å². The van der Waals surface area contributed by atoms with Gasteiger partial charge < -0.3 is 19.5 Å². The molecule has 0 spiro atoms. The lowest BCUT2D eigenvalue weighted by atomic mass is 10.1. The Kier molecular flexibility index (Phi) is 4.46. The molecule has 1 N–H and O–H groups in total. The van der Waals surface area contributed by atoms with E-state index >= 15 is 0 Å². The van der Waals surface area contributed by atoms with Crippen LogP contribution in [0.5, 0.6) is 5.75 Å². The van der Waals surface area contributed by atoms with Crippen LogP contribution < -0.4 is 10.1 Å². The molecule has 1 saturated heterocycles. The third-order valence-electron chi connectivity index (χ3n) is 4.42. The summed E-state index contributed by atoms with van der Waals surface area (Å²) < 4.78 is 7.72. The van der Waals surface area contributed by atoms with Gasteiger partial charge in [-0.2, -0.15) is 0 Å². The van der Waals surface area contributed by atoms with Gasteiger partial charge in [0.15, 0.2) is 0 Å². The number of benzene rings is 1. The number of hydrogen-bond acceptors (Lipinski definition) is 3. The second-order valence-corrected chi connectivity index (χ2v) is 5.67. The number of methoxy groups -OCH3 is 1. The molecule has 2 heterocycles. The van der Waals surface area contributed by atoms with E-state index in [1.807, 2.05) is 0 Å². The Bertz CT molecular complexity index is 599. The third kappa shape index (κ3) is 3.06. The van der Waals surface area contributed by atoms with Gasteiger partial charge in [0.1, 0.15) is 5.75 Å². The highest BCUT2D eigenvalue weighted by molar-refractivity contribution is 5.85. The van der Waals surface area contributed by atoms with Crippen LogP contribution in [0.2, 0.25) is 0 Å². The van der Waals surface area contributed by atoms with Gasteiger partial charge in [-0.25, -0.2) is 0 Å². The summed E-state index contributed by atoms with van der Waals surface area (Å²) in [4.78, 5) is 2.55. The number of piperazine rings is 1. The zero-order chi connectivity index (χ0) is 14.7. The minimum absolute atomic E-state index is 0.944. The molecule has 0 aliphatic carbocycles. The van der Waals surface area contributed by atoms with Gasteiger partial charge in [-0.1, -0.05) is 0 Å². The summed E-state index contributed by atoms with van der Waals surface area (Å²) in [5.74, 6) is 0.944. The minimum atomic E-state index is 0.944. The van der Waals surface area contributed by atoms with E-state index in [-0.39, 0.29) is 0 Å². The van der Waals surface area contributed by atoms with Crippen molar-refractivity contribution in [3.8, 4) is 5.75 Å². The molecule has 4 heteroatoms. The second-order valence-electron chi connectivity index (χ2n) is 5.67. The molecule has 2 aromatic rings. The number of nitrogens with one attached hydrogen (secondary N) is 1. The van der Waals surface area contributed by atoms with Crippen molar-refractivity contribution in [2.45, 2.75) is 19.9 Å². The lowest BCUT2D eigenvalue weighted by Crippen LogP contribution is -2.44. The number of rotatable bonds is 5. The fourth-order valence-electron chi connectivity index (χ4n) is 3.15. The van der Waals surface area contributed by atoms with E-state index in [0.717, 1.165) is 51.4 Å². The molecular weight excluding hydrogens is 262 g/mol. The van der Waals surface area contributed by atoms with Crippen LogP contribution in [0.4, 0.5) is 0 Å². The summed E-state index contributed by atoms with van der Waals surface area (Å²) in [5, 5.41) is 4.75. The Balaban J connectivity index is 1.82. The first kappa shape index (κ1) is 14.4. The van der Waals surface area contributed by atoms with Gasteiger partial charge in [0.05, 0.1) is 7.11 Å². The maximum Gasteiger partial charge on any atom is 0.119 e. The van der Waals surface area contributed by atoms with Crippen molar-refractivity contribution in [2.75, 3.05) is 39.8 Å². The highest BCUT2D eigenvalue weighted by Gasteiger charge is 2.12. The zero-order valence-electron chi connectivity index (χ0n) is 13.1. The van der Waals surface area contributed by atoms with Crippen LogP contribution in [0.3, 0.4) is 0 Å². The number of aromatic nitrogens is 1. The van der Waals surface area contributed by atoms with Crippen LogP contribution in [0.1, 0.15) is 12.5 Å². The van der Waals surface area contributed by atoms with Crippen molar-refractivity contribution < 1.29 is 4.74 Å². The van der Waals surface area contributed by atoms with Crippen LogP contribution in [0.25, 0.3) is 10.9 Å². The molecule has 0 radical (unpaired) electrons. The Labute approximate surface area is 126 Å². The summed E-state index contributed by atoms with van der Waals surface area (Å²) in [5.41, 5.74) is 2.75. The Morgan fingerprint density at radius 1 is 1.24 bits per heavy atom. The molecular formula is C17H25N3O. The fourth-order valence-corrected chi connectivity index (χ4v) is 3.15. The van der Waals surface area contributed by atoms with E-state index in [2.05, 4.69) is 46.1 Å². The molecule has 1 aliphatic rings. The molecule has 0 unspecified atom stereocenters. The van der Waals surface area contributed by atoms with E-state index in [9.17, 15) is 0 Å². The molecule has 1 aromatic heterocycles. The number of fused-ring (bicyclic) bond motifs is 1. The van der Waals surface area contributed by atoms with Gasteiger partial charge in [-0.15, -0.1) is 0 Å². The monoisotopic (exact) mass is 287 g/mol. The van der Waals surface area contributed by atoms with Crippen molar-refractivity contribution in [3.63, 3.8) is 0 Å². The second kappa shape index (κ2) is 6.50. The molecule has 21 heavy (non-hydrogen) atoms. The van der Waals surface area contributed by atoms with E-state index in [4.69, 9.17) is 4.74 Å². The topological polar surface area (TPSA) is 29.4 Å². The minimum Gasteiger partial charge on any atom is -0.497 e. The lowest BCUT2D eigenvalue weighted by Gasteiger charge is -2.26. The van der Waals surface area contributed by atoms with Gasteiger partial charge in [-0.3, -0.25) is 0 Å². The molecule has 1 aromatic carbocycles. The average Bonchev–Trinajstić information content (AvgIpc) is 2.91. The van der Waals surface area contributed by atoms with Crippen molar-refractivity contribution in [1.82, 2.24) is 14.8 Å². The molecule has 4 nitrogen and oxygen atoms in total. The van der Waals surface area contributed by atoms with Crippen LogP contribution >= 0.6 is 0 Å². The van der Waals surface area contributed by atoms with Crippen molar-refractivity contribution >= 4 is 10.9 Å². The summed E-state index contributed by atoms with van der Waals surface area (Å²) in [7, 11) is 1.73. The summed E-state index contributed by atoms with van der Waals surface area (Å²) in [6, 6.07) is 6.40. The number of aryl methyl sites for hydroxylation is 1. The molecule has 114 valence electrons. The predicted molar refractivity (Wildman–Crippen MR) is 87.2 cm³/mol. The van der Waals surface area contributed by atoms with Crippen molar-refractivity contribution in [3.05, 3.63) is 30.0 Å².